The molecule has 4 nitrogen and oxygen atoms in total. The van der Waals surface area contributed by atoms with Gasteiger partial charge in [-0.1, -0.05) is 34.1 Å². The van der Waals surface area contributed by atoms with Crippen LogP contribution in [0.2, 0.25) is 0 Å². The van der Waals surface area contributed by atoms with Gasteiger partial charge < -0.3 is 10.4 Å². The second-order valence-corrected chi connectivity index (χ2v) is 6.63. The molecular formula is C14H24N2O2S. The zero-order valence-corrected chi connectivity index (χ0v) is 13.2. The summed E-state index contributed by atoms with van der Waals surface area (Å²) in [6.45, 7) is 10.1. The van der Waals surface area contributed by atoms with Crippen molar-refractivity contribution in [2.24, 2.45) is 5.92 Å². The molecule has 5 heteroatoms. The molecule has 0 aliphatic rings. The number of rotatable bonds is 6. The molecule has 1 heterocycles. The minimum atomic E-state index is -0.879. The Kier molecular flexibility index (Phi) is 5.50. The summed E-state index contributed by atoms with van der Waals surface area (Å²) < 4.78 is 0. The summed E-state index contributed by atoms with van der Waals surface area (Å²) in [5.74, 6) is 0.309. The van der Waals surface area contributed by atoms with Crippen molar-refractivity contribution in [3.63, 3.8) is 0 Å². The first-order valence-corrected chi connectivity index (χ1v) is 7.55. The van der Waals surface area contributed by atoms with E-state index in [1.807, 2.05) is 27.7 Å². The molecule has 1 aromatic rings. The van der Waals surface area contributed by atoms with Gasteiger partial charge in [-0.3, -0.25) is 4.79 Å². The first kappa shape index (κ1) is 16.1. The summed E-state index contributed by atoms with van der Waals surface area (Å²) in [6.07, 6.45) is 2.48. The normalized spacial score (nSPS) is 16.2. The molecule has 19 heavy (non-hydrogen) atoms. The molecule has 0 saturated heterocycles. The van der Waals surface area contributed by atoms with Gasteiger partial charge in [0.2, 0.25) is 0 Å². The lowest BCUT2D eigenvalue weighted by Crippen LogP contribution is -2.44. The molecule has 0 aliphatic carbocycles. The van der Waals surface area contributed by atoms with Crippen LogP contribution < -0.4 is 5.32 Å². The number of carbonyl (C=O) groups is 1. The average molecular weight is 284 g/mol. The largest absolute Gasteiger partial charge is 0.388 e. The highest BCUT2D eigenvalue weighted by molar-refractivity contribution is 7.13. The molecule has 0 fully saturated rings. The average Bonchev–Trinajstić information content (AvgIpc) is 2.84. The lowest BCUT2D eigenvalue weighted by Gasteiger charge is -2.29. The Morgan fingerprint density at radius 1 is 1.53 bits per heavy atom. The Morgan fingerprint density at radius 2 is 2.16 bits per heavy atom. The molecular weight excluding hydrogens is 260 g/mol. The number of aromatic nitrogens is 1. The van der Waals surface area contributed by atoms with E-state index in [0.717, 1.165) is 11.4 Å². The maximum atomic E-state index is 12.0. The van der Waals surface area contributed by atoms with Gasteiger partial charge in [-0.15, -0.1) is 11.3 Å². The van der Waals surface area contributed by atoms with Crippen molar-refractivity contribution in [3.05, 3.63) is 16.1 Å². The summed E-state index contributed by atoms with van der Waals surface area (Å²) in [5.41, 5.74) is -0.879. The minimum Gasteiger partial charge on any atom is -0.388 e. The van der Waals surface area contributed by atoms with Crippen LogP contribution in [0.3, 0.4) is 0 Å². The van der Waals surface area contributed by atoms with Crippen molar-refractivity contribution in [1.29, 1.82) is 0 Å². The second-order valence-electron chi connectivity index (χ2n) is 5.57. The van der Waals surface area contributed by atoms with E-state index >= 15 is 0 Å². The van der Waals surface area contributed by atoms with Crippen LogP contribution in [-0.2, 0) is 0 Å². The first-order chi connectivity index (χ1) is 8.77. The van der Waals surface area contributed by atoms with Crippen molar-refractivity contribution in [2.75, 3.05) is 6.54 Å². The number of amides is 1. The highest BCUT2D eigenvalue weighted by atomic mass is 32.1. The van der Waals surface area contributed by atoms with Crippen LogP contribution in [0.4, 0.5) is 0 Å². The van der Waals surface area contributed by atoms with Crippen LogP contribution in [-0.4, -0.2) is 28.1 Å². The zero-order valence-electron chi connectivity index (χ0n) is 12.4. The van der Waals surface area contributed by atoms with Crippen LogP contribution in [0, 0.1) is 5.92 Å². The Labute approximate surface area is 119 Å². The quantitative estimate of drug-likeness (QED) is 0.844. The van der Waals surface area contributed by atoms with E-state index in [0.29, 0.717) is 10.8 Å². The molecule has 0 radical (unpaired) electrons. The third-order valence-corrected chi connectivity index (χ3v) is 4.82. The Bertz CT molecular complexity index is 427. The third kappa shape index (κ3) is 4.28. The van der Waals surface area contributed by atoms with Gasteiger partial charge in [0, 0.05) is 12.5 Å². The second kappa shape index (κ2) is 6.48. The fourth-order valence-electron chi connectivity index (χ4n) is 1.62. The number of aliphatic hydroxyl groups is 1. The highest BCUT2D eigenvalue weighted by Gasteiger charge is 2.27. The number of carbonyl (C=O) groups excluding carboxylic acids is 1. The van der Waals surface area contributed by atoms with E-state index in [1.54, 1.807) is 13.1 Å². The van der Waals surface area contributed by atoms with E-state index in [4.69, 9.17) is 0 Å². The van der Waals surface area contributed by atoms with Crippen LogP contribution in [0.25, 0.3) is 0 Å². The predicted molar refractivity (Wildman–Crippen MR) is 78.6 cm³/mol. The van der Waals surface area contributed by atoms with E-state index in [1.165, 1.54) is 11.3 Å². The Hall–Kier alpha value is -0.940. The predicted octanol–water partition coefficient (Wildman–Crippen LogP) is 2.79. The van der Waals surface area contributed by atoms with Crippen molar-refractivity contribution >= 4 is 17.2 Å². The van der Waals surface area contributed by atoms with Gasteiger partial charge in [-0.05, 0) is 12.8 Å². The van der Waals surface area contributed by atoms with Crippen LogP contribution in [0.5, 0.6) is 0 Å². The highest BCUT2D eigenvalue weighted by Crippen LogP contribution is 2.22. The van der Waals surface area contributed by atoms with Crippen molar-refractivity contribution in [1.82, 2.24) is 10.3 Å². The van der Waals surface area contributed by atoms with Gasteiger partial charge in [0.25, 0.3) is 5.91 Å². The first-order valence-electron chi connectivity index (χ1n) is 6.74. The fraction of sp³-hybridized carbons (Fsp3) is 0.714. The lowest BCUT2D eigenvalue weighted by molar-refractivity contribution is 0.00596. The number of hydrogen-bond donors (Lipinski definition) is 2. The standard InChI is InChI=1S/C14H24N2O2S/c1-6-10(4)14(5,18)8-16-12(17)11-7-15-13(19-11)9(2)3/h7,9-10,18H,6,8H2,1-5H3,(H,16,17). The van der Waals surface area contributed by atoms with Crippen LogP contribution >= 0.6 is 11.3 Å². The van der Waals surface area contributed by atoms with Crippen molar-refractivity contribution < 1.29 is 9.90 Å². The van der Waals surface area contributed by atoms with Gasteiger partial charge in [0.05, 0.1) is 16.8 Å². The van der Waals surface area contributed by atoms with Gasteiger partial charge >= 0.3 is 0 Å². The topological polar surface area (TPSA) is 62.2 Å². The van der Waals surface area contributed by atoms with Crippen molar-refractivity contribution in [3.8, 4) is 0 Å². The fourth-order valence-corrected chi connectivity index (χ4v) is 2.46. The molecule has 2 N–H and O–H groups in total. The number of hydrogen-bond acceptors (Lipinski definition) is 4. The van der Waals surface area contributed by atoms with Gasteiger partial charge in [0.15, 0.2) is 0 Å². The molecule has 1 rings (SSSR count). The molecule has 0 aliphatic heterocycles. The summed E-state index contributed by atoms with van der Waals surface area (Å²) in [7, 11) is 0. The monoisotopic (exact) mass is 284 g/mol. The summed E-state index contributed by atoms with van der Waals surface area (Å²) >= 11 is 1.41. The SMILES string of the molecule is CCC(C)C(C)(O)CNC(=O)c1cnc(C(C)C)s1. The van der Waals surface area contributed by atoms with Crippen molar-refractivity contribution in [2.45, 2.75) is 52.6 Å². The minimum absolute atomic E-state index is 0.139. The molecule has 1 amide bonds. The van der Waals surface area contributed by atoms with E-state index < -0.39 is 5.60 Å². The molecule has 2 unspecified atom stereocenters. The Balaban J connectivity index is 2.60. The molecule has 0 saturated carbocycles. The van der Waals surface area contributed by atoms with Crippen LogP contribution in [0.15, 0.2) is 6.20 Å². The molecule has 108 valence electrons. The summed E-state index contributed by atoms with van der Waals surface area (Å²) in [4.78, 5) is 16.8. The smallest absolute Gasteiger partial charge is 0.263 e. The number of nitrogens with zero attached hydrogens (tertiary/aromatic N) is 1. The van der Waals surface area contributed by atoms with E-state index in [9.17, 15) is 9.90 Å². The maximum absolute atomic E-state index is 12.0. The number of nitrogens with one attached hydrogen (secondary N) is 1. The molecule has 2 atom stereocenters. The Morgan fingerprint density at radius 3 is 2.63 bits per heavy atom. The third-order valence-electron chi connectivity index (χ3n) is 3.52. The summed E-state index contributed by atoms with van der Waals surface area (Å²) in [6, 6.07) is 0. The molecule has 0 bridgehead atoms. The van der Waals surface area contributed by atoms with Gasteiger partial charge in [-0.25, -0.2) is 4.98 Å². The molecule has 0 spiro atoms. The molecule has 0 aromatic carbocycles. The van der Waals surface area contributed by atoms with E-state index in [-0.39, 0.29) is 18.4 Å². The summed E-state index contributed by atoms with van der Waals surface area (Å²) in [5, 5.41) is 14.0. The maximum Gasteiger partial charge on any atom is 0.263 e. The molecule has 1 aromatic heterocycles. The lowest BCUT2D eigenvalue weighted by atomic mass is 9.89. The van der Waals surface area contributed by atoms with Gasteiger partial charge in [-0.2, -0.15) is 0 Å². The van der Waals surface area contributed by atoms with E-state index in [2.05, 4.69) is 10.3 Å². The van der Waals surface area contributed by atoms with Crippen LogP contribution in [0.1, 0.15) is 61.6 Å². The number of thiazole rings is 1. The van der Waals surface area contributed by atoms with Gasteiger partial charge in [0.1, 0.15) is 4.88 Å². The zero-order chi connectivity index (χ0) is 14.6.